The molecule has 2 atom stereocenters. The van der Waals surface area contributed by atoms with Gasteiger partial charge < -0.3 is 10.0 Å². The maximum atomic E-state index is 13.3. The lowest BCUT2D eigenvalue weighted by molar-refractivity contribution is -0.148. The number of hydrogen-bond acceptors (Lipinski definition) is 2. The molecule has 1 amide bonds. The van der Waals surface area contributed by atoms with Gasteiger partial charge in [0, 0.05) is 12.2 Å². The summed E-state index contributed by atoms with van der Waals surface area (Å²) >= 11 is 0. The van der Waals surface area contributed by atoms with Gasteiger partial charge in [-0.05, 0) is 38.0 Å². The van der Waals surface area contributed by atoms with Crippen molar-refractivity contribution in [2.75, 3.05) is 11.4 Å². The van der Waals surface area contributed by atoms with Gasteiger partial charge >= 0.3 is 5.97 Å². The van der Waals surface area contributed by atoms with E-state index in [2.05, 4.69) is 0 Å². The number of amides is 1. The highest BCUT2D eigenvalue weighted by Gasteiger charge is 2.37. The van der Waals surface area contributed by atoms with E-state index in [1.54, 1.807) is 19.1 Å². The second-order valence-electron chi connectivity index (χ2n) is 5.40. The van der Waals surface area contributed by atoms with E-state index < -0.39 is 23.6 Å². The van der Waals surface area contributed by atoms with Gasteiger partial charge in [0.1, 0.15) is 5.82 Å². The van der Waals surface area contributed by atoms with E-state index in [0.717, 1.165) is 12.8 Å². The molecule has 21 heavy (non-hydrogen) atoms. The van der Waals surface area contributed by atoms with Crippen LogP contribution in [-0.2, 0) is 9.59 Å². The Balaban J connectivity index is 2.24. The van der Waals surface area contributed by atoms with E-state index in [1.165, 1.54) is 17.0 Å². The Morgan fingerprint density at radius 3 is 2.52 bits per heavy atom. The predicted octanol–water partition coefficient (Wildman–Crippen LogP) is 3.07. The number of nitrogens with zero attached hydrogens (tertiary/aromatic N) is 1. The van der Waals surface area contributed by atoms with E-state index in [0.29, 0.717) is 25.1 Å². The van der Waals surface area contributed by atoms with Crippen molar-refractivity contribution in [2.45, 2.75) is 32.6 Å². The first-order chi connectivity index (χ1) is 10.0. The van der Waals surface area contributed by atoms with Crippen LogP contribution in [-0.4, -0.2) is 23.5 Å². The largest absolute Gasteiger partial charge is 0.481 e. The zero-order valence-corrected chi connectivity index (χ0v) is 12.1. The van der Waals surface area contributed by atoms with Crippen LogP contribution >= 0.6 is 0 Å². The van der Waals surface area contributed by atoms with Gasteiger partial charge in [-0.25, -0.2) is 4.39 Å². The minimum Gasteiger partial charge on any atom is -0.481 e. The zero-order valence-electron chi connectivity index (χ0n) is 12.1. The van der Waals surface area contributed by atoms with Gasteiger partial charge in [0.15, 0.2) is 0 Å². The molecule has 0 bridgehead atoms. The topological polar surface area (TPSA) is 57.6 Å². The third kappa shape index (κ3) is 3.40. The highest BCUT2D eigenvalue weighted by molar-refractivity contribution is 5.97. The van der Waals surface area contributed by atoms with E-state index >= 15 is 0 Å². The predicted molar refractivity (Wildman–Crippen MR) is 77.5 cm³/mol. The Morgan fingerprint density at radius 1 is 1.29 bits per heavy atom. The molecular weight excluding hydrogens is 273 g/mol. The summed E-state index contributed by atoms with van der Waals surface area (Å²) in [5.74, 6) is -2.68. The first kappa shape index (κ1) is 15.5. The van der Waals surface area contributed by atoms with Crippen LogP contribution in [0.15, 0.2) is 24.3 Å². The second-order valence-corrected chi connectivity index (χ2v) is 5.40. The molecule has 2 rings (SSSR count). The molecule has 1 fully saturated rings. The van der Waals surface area contributed by atoms with Crippen LogP contribution in [0.5, 0.6) is 0 Å². The van der Waals surface area contributed by atoms with Crippen molar-refractivity contribution < 1.29 is 19.1 Å². The summed E-state index contributed by atoms with van der Waals surface area (Å²) < 4.78 is 13.3. The molecule has 0 aromatic heterocycles. The molecule has 1 aliphatic rings. The molecule has 0 radical (unpaired) electrons. The summed E-state index contributed by atoms with van der Waals surface area (Å²) in [6, 6.07) is 5.85. The highest BCUT2D eigenvalue weighted by atomic mass is 19.1. The molecule has 0 spiro atoms. The van der Waals surface area contributed by atoms with E-state index in [1.807, 2.05) is 0 Å². The number of rotatable bonds is 4. The summed E-state index contributed by atoms with van der Waals surface area (Å²) in [6.07, 6.45) is 2.82. The van der Waals surface area contributed by atoms with Crippen LogP contribution in [0.3, 0.4) is 0 Å². The maximum Gasteiger partial charge on any atom is 0.307 e. The lowest BCUT2D eigenvalue weighted by Gasteiger charge is -2.32. The average molecular weight is 293 g/mol. The Labute approximate surface area is 123 Å². The zero-order chi connectivity index (χ0) is 15.4. The highest BCUT2D eigenvalue weighted by Crippen LogP contribution is 2.33. The molecule has 1 aromatic carbocycles. The molecule has 1 saturated carbocycles. The van der Waals surface area contributed by atoms with Crippen LogP contribution in [0.1, 0.15) is 32.6 Å². The Morgan fingerprint density at radius 2 is 1.95 bits per heavy atom. The molecule has 0 heterocycles. The summed E-state index contributed by atoms with van der Waals surface area (Å²) in [6.45, 7) is 2.20. The summed E-state index contributed by atoms with van der Waals surface area (Å²) in [4.78, 5) is 25.5. The van der Waals surface area contributed by atoms with Crippen molar-refractivity contribution in [3.8, 4) is 0 Å². The Kier molecular flexibility index (Phi) is 4.94. The van der Waals surface area contributed by atoms with Crippen LogP contribution in [0.4, 0.5) is 10.1 Å². The van der Waals surface area contributed by atoms with Crippen molar-refractivity contribution >= 4 is 17.6 Å². The molecule has 1 N–H and O–H groups in total. The molecule has 1 aromatic rings. The number of aliphatic carboxylic acids is 1. The van der Waals surface area contributed by atoms with Crippen LogP contribution in [0.2, 0.25) is 0 Å². The maximum absolute atomic E-state index is 13.3. The number of halogens is 1. The number of carbonyl (C=O) groups excluding carboxylic acids is 1. The van der Waals surface area contributed by atoms with Gasteiger partial charge in [-0.1, -0.05) is 18.9 Å². The minimum absolute atomic E-state index is 0.213. The number of carboxylic acid groups (broad SMARTS) is 1. The molecular formula is C16H20FNO3. The van der Waals surface area contributed by atoms with Crippen molar-refractivity contribution in [1.82, 2.24) is 0 Å². The van der Waals surface area contributed by atoms with Gasteiger partial charge in [0.05, 0.1) is 11.8 Å². The first-order valence-corrected chi connectivity index (χ1v) is 7.34. The summed E-state index contributed by atoms with van der Waals surface area (Å²) in [7, 11) is 0. The molecule has 0 saturated heterocycles. The van der Waals surface area contributed by atoms with Crippen molar-refractivity contribution in [3.05, 3.63) is 30.1 Å². The summed E-state index contributed by atoms with van der Waals surface area (Å²) in [5.41, 5.74) is 0.484. The average Bonchev–Trinajstić information content (AvgIpc) is 2.48. The molecule has 4 nitrogen and oxygen atoms in total. The first-order valence-electron chi connectivity index (χ1n) is 7.34. The third-order valence-electron chi connectivity index (χ3n) is 4.10. The molecule has 0 aliphatic heterocycles. The Hall–Kier alpha value is -1.91. The molecule has 5 heteroatoms. The normalized spacial score (nSPS) is 21.8. The van der Waals surface area contributed by atoms with Gasteiger partial charge in [0.25, 0.3) is 0 Å². The van der Waals surface area contributed by atoms with Crippen molar-refractivity contribution in [2.24, 2.45) is 11.8 Å². The van der Waals surface area contributed by atoms with Gasteiger partial charge in [-0.15, -0.1) is 0 Å². The monoisotopic (exact) mass is 293 g/mol. The van der Waals surface area contributed by atoms with Gasteiger partial charge in [0.2, 0.25) is 5.91 Å². The fourth-order valence-electron chi connectivity index (χ4n) is 3.03. The van der Waals surface area contributed by atoms with Crippen molar-refractivity contribution in [1.29, 1.82) is 0 Å². The minimum atomic E-state index is -0.914. The second kappa shape index (κ2) is 6.70. The van der Waals surface area contributed by atoms with Crippen LogP contribution < -0.4 is 4.90 Å². The van der Waals surface area contributed by atoms with Gasteiger partial charge in [-0.2, -0.15) is 0 Å². The molecule has 1 aliphatic carbocycles. The number of benzene rings is 1. The quantitative estimate of drug-likeness (QED) is 0.928. The number of hydrogen-bond donors (Lipinski definition) is 1. The number of carbonyl (C=O) groups is 2. The molecule has 114 valence electrons. The Bertz CT molecular complexity index is 532. The van der Waals surface area contributed by atoms with Crippen molar-refractivity contribution in [3.63, 3.8) is 0 Å². The van der Waals surface area contributed by atoms with Crippen LogP contribution in [0.25, 0.3) is 0 Å². The number of carboxylic acids is 1. The fourth-order valence-corrected chi connectivity index (χ4v) is 3.03. The number of anilines is 1. The lowest BCUT2D eigenvalue weighted by atomic mass is 9.78. The van der Waals surface area contributed by atoms with E-state index in [-0.39, 0.29) is 5.91 Å². The fraction of sp³-hybridized carbons (Fsp3) is 0.500. The summed E-state index contributed by atoms with van der Waals surface area (Å²) in [5, 5.41) is 9.30. The van der Waals surface area contributed by atoms with Crippen LogP contribution in [0, 0.1) is 17.7 Å². The standard InChI is InChI=1S/C16H20FNO3/c1-2-18(12-7-5-6-11(17)10-12)15(19)13-8-3-4-9-14(13)16(20)21/h5-7,10,13-14H,2-4,8-9H2,1H3,(H,20,21). The van der Waals surface area contributed by atoms with E-state index in [4.69, 9.17) is 0 Å². The lowest BCUT2D eigenvalue weighted by Crippen LogP contribution is -2.42. The smallest absolute Gasteiger partial charge is 0.307 e. The van der Waals surface area contributed by atoms with E-state index in [9.17, 15) is 19.1 Å². The van der Waals surface area contributed by atoms with Gasteiger partial charge in [-0.3, -0.25) is 9.59 Å². The SMILES string of the molecule is CCN(C(=O)C1CCCCC1C(=O)O)c1cccc(F)c1. The third-order valence-corrected chi connectivity index (χ3v) is 4.10. The molecule has 2 unspecified atom stereocenters.